The van der Waals surface area contributed by atoms with Gasteiger partial charge in [-0.05, 0) is 112 Å². The van der Waals surface area contributed by atoms with E-state index in [-0.39, 0.29) is 16.4 Å². The van der Waals surface area contributed by atoms with Gasteiger partial charge in [-0.1, -0.05) is 125 Å². The molecule has 0 radical (unpaired) electrons. The molecule has 0 saturated carbocycles. The van der Waals surface area contributed by atoms with Crippen molar-refractivity contribution in [1.82, 2.24) is 44.1 Å². The smallest absolute Gasteiger partial charge is 0.0600 e. The van der Waals surface area contributed by atoms with Crippen LogP contribution in [-0.2, 0) is 14.2 Å². The van der Waals surface area contributed by atoms with Crippen molar-refractivity contribution in [1.29, 1.82) is 0 Å². The predicted molar refractivity (Wildman–Crippen MR) is 342 cm³/mol. The molecule has 6 heterocycles. The summed E-state index contributed by atoms with van der Waals surface area (Å²) < 4.78 is 17.3. The summed E-state index contributed by atoms with van der Waals surface area (Å²) in [7, 11) is 0. The normalized spacial score (nSPS) is 22.3. The van der Waals surface area contributed by atoms with E-state index >= 15 is 0 Å². The summed E-state index contributed by atoms with van der Waals surface area (Å²) in [6.07, 6.45) is 4.25. The zero-order valence-electron chi connectivity index (χ0n) is 57.6. The van der Waals surface area contributed by atoms with Crippen molar-refractivity contribution in [2.24, 2.45) is 38.4 Å². The monoisotopic (exact) mass is 1120 g/mol. The Hall–Kier alpha value is -0.480. The topological polar surface area (TPSA) is 56.9 Å². The highest BCUT2D eigenvalue weighted by atomic mass is 16.5. The van der Waals surface area contributed by atoms with E-state index in [1.807, 2.05) is 0 Å². The highest BCUT2D eigenvalue weighted by Crippen LogP contribution is 2.33. The van der Waals surface area contributed by atoms with Crippen LogP contribution >= 0.6 is 0 Å². The molecule has 0 aromatic heterocycles. The number of nitrogens with zero attached hydrogens (tertiary/aromatic N) is 9. The first kappa shape index (κ1) is 72.8. The summed E-state index contributed by atoms with van der Waals surface area (Å²) in [5.74, 6) is 0.969. The Bertz CT molecular complexity index is 1520. The highest BCUT2D eigenvalue weighted by Gasteiger charge is 2.37. The van der Waals surface area contributed by atoms with Gasteiger partial charge in [-0.3, -0.25) is 39.2 Å². The summed E-state index contributed by atoms with van der Waals surface area (Å²) in [6, 6.07) is 1.68. The van der Waals surface area contributed by atoms with Gasteiger partial charge in [-0.15, -0.1) is 0 Å². The summed E-state index contributed by atoms with van der Waals surface area (Å²) in [5.41, 5.74) is 2.67. The molecule has 0 unspecified atom stereocenters. The number of ether oxygens (including phenoxy) is 3. The van der Waals surface area contributed by atoms with Crippen LogP contribution in [0.25, 0.3) is 0 Å². The van der Waals surface area contributed by atoms with Gasteiger partial charge < -0.3 is 19.1 Å². The minimum Gasteiger partial charge on any atom is -0.380 e. The zero-order valence-corrected chi connectivity index (χ0v) is 57.6. The van der Waals surface area contributed by atoms with E-state index in [9.17, 15) is 0 Å². The van der Waals surface area contributed by atoms with Crippen LogP contribution in [0.15, 0.2) is 0 Å². The Balaban J connectivity index is 0.000000277. The quantitative estimate of drug-likeness (QED) is 0.130. The van der Waals surface area contributed by atoms with Gasteiger partial charge in [-0.25, -0.2) is 0 Å². The van der Waals surface area contributed by atoms with Crippen molar-refractivity contribution >= 4 is 0 Å². The van der Waals surface area contributed by atoms with Crippen molar-refractivity contribution < 1.29 is 14.2 Å². The van der Waals surface area contributed by atoms with Crippen LogP contribution < -0.4 is 0 Å². The largest absolute Gasteiger partial charge is 0.380 e. The fraction of sp³-hybridized carbons (Fsp3) is 1.00. The Morgan fingerprint density at radius 2 is 0.658 bits per heavy atom. The molecule has 0 amide bonds. The number of hydrogen-bond acceptors (Lipinski definition) is 12. The minimum absolute atomic E-state index is 0.0216. The molecule has 0 spiro atoms. The third kappa shape index (κ3) is 34.9. The van der Waals surface area contributed by atoms with Crippen LogP contribution in [0.4, 0.5) is 0 Å². The second-order valence-corrected chi connectivity index (χ2v) is 34.8. The van der Waals surface area contributed by atoms with Gasteiger partial charge in [0.15, 0.2) is 0 Å². The molecule has 0 atom stereocenters. The van der Waals surface area contributed by atoms with Crippen LogP contribution in [0.2, 0.25) is 0 Å². The lowest BCUT2D eigenvalue weighted by molar-refractivity contribution is -0.0193. The van der Waals surface area contributed by atoms with Crippen molar-refractivity contribution in [3.05, 3.63) is 0 Å². The fourth-order valence-electron chi connectivity index (χ4n) is 12.0. The maximum atomic E-state index is 5.79. The molecule has 79 heavy (non-hydrogen) atoms. The van der Waals surface area contributed by atoms with E-state index < -0.39 is 0 Å². The fourth-order valence-corrected chi connectivity index (χ4v) is 12.0. The molecule has 0 aliphatic carbocycles. The number of piperidine rings is 1. The molecule has 6 aliphatic heterocycles. The molecule has 6 aliphatic rings. The van der Waals surface area contributed by atoms with E-state index in [1.54, 1.807) is 0 Å². The van der Waals surface area contributed by atoms with Gasteiger partial charge in [0.05, 0.1) is 38.6 Å². The van der Waals surface area contributed by atoms with E-state index in [0.29, 0.717) is 27.2 Å². The molecule has 12 heteroatoms. The second kappa shape index (κ2) is 32.3. The Kier molecular flexibility index (Phi) is 29.8. The average molecular weight is 1120 g/mol. The number of rotatable bonds is 17. The van der Waals surface area contributed by atoms with E-state index in [2.05, 4.69) is 210 Å². The SMILES string of the molecule is CC(C)(C)CC1CCN(C2CN(CC(C)(C)C)C2)CC1.CC(C)(C)CN1CCN(C2CN(CC(C)(C)C)C2)CC1.CC(C)(C)COCCN1CCN(C(C)(C)C)CC1.CC(C)(C)COCCN1CCN(CCOC(C)(C)C)CC1. The van der Waals surface area contributed by atoms with Gasteiger partial charge in [-0.2, -0.15) is 0 Å². The first-order valence-corrected chi connectivity index (χ1v) is 32.5. The maximum absolute atomic E-state index is 5.79. The molecule has 0 N–H and O–H groups in total. The standard InChI is InChI=1S/C18H36N2.C17H35N3.C17H36N2O2.C15H32N2O/c1-17(2,3)11-15-7-9-20(10-8-15)16-12-19(13-16)14-18(4,5)6;1-16(2,3)13-18-7-9-20(10-8-18)15-11-19(12-15)14-17(4,5)6;1-16(2,3)15-20-13-11-18-7-9-19(10-8-18)12-14-21-17(4,5)6;1-14(2,3)13-18-12-11-16-7-9-17(10-8-16)15(4,5)6/h15-16H,7-14H2,1-6H3;15H,7-14H2,1-6H3;7-15H2,1-6H3;7-13H2,1-6H3. The molecular formula is C67H139N9O3. The molecule has 0 aromatic rings. The van der Waals surface area contributed by atoms with Gasteiger partial charge in [0, 0.05) is 162 Å². The van der Waals surface area contributed by atoms with E-state index in [1.165, 1.54) is 131 Å². The Morgan fingerprint density at radius 3 is 0.987 bits per heavy atom. The van der Waals surface area contributed by atoms with Crippen LogP contribution in [0.3, 0.4) is 0 Å². The number of piperazine rings is 3. The summed E-state index contributed by atoms with van der Waals surface area (Å²) >= 11 is 0. The van der Waals surface area contributed by atoms with Gasteiger partial charge in [0.25, 0.3) is 0 Å². The minimum atomic E-state index is -0.0216. The highest BCUT2D eigenvalue weighted by molar-refractivity contribution is 4.94. The van der Waals surface area contributed by atoms with Crippen molar-refractivity contribution in [2.45, 2.75) is 209 Å². The van der Waals surface area contributed by atoms with Crippen molar-refractivity contribution in [3.63, 3.8) is 0 Å². The van der Waals surface area contributed by atoms with Crippen molar-refractivity contribution in [2.75, 3.05) is 190 Å². The first-order chi connectivity index (χ1) is 36.1. The van der Waals surface area contributed by atoms with Gasteiger partial charge in [0.2, 0.25) is 0 Å². The Labute approximate surface area is 493 Å². The summed E-state index contributed by atoms with van der Waals surface area (Å²) in [6.45, 7) is 88.2. The lowest BCUT2D eigenvalue weighted by Gasteiger charge is -2.50. The molecule has 470 valence electrons. The lowest BCUT2D eigenvalue weighted by atomic mass is 9.80. The van der Waals surface area contributed by atoms with Gasteiger partial charge >= 0.3 is 0 Å². The third-order valence-electron chi connectivity index (χ3n) is 15.9. The van der Waals surface area contributed by atoms with E-state index in [4.69, 9.17) is 14.2 Å². The molecule has 0 aromatic carbocycles. The van der Waals surface area contributed by atoms with Crippen LogP contribution in [0.5, 0.6) is 0 Å². The third-order valence-corrected chi connectivity index (χ3v) is 15.9. The van der Waals surface area contributed by atoms with Crippen LogP contribution in [0.1, 0.15) is 185 Å². The molecule has 6 saturated heterocycles. The van der Waals surface area contributed by atoms with E-state index in [0.717, 1.165) is 96.8 Å². The average Bonchev–Trinajstić information content (AvgIpc) is 3.25. The van der Waals surface area contributed by atoms with Gasteiger partial charge in [0.1, 0.15) is 0 Å². The Morgan fingerprint density at radius 1 is 0.329 bits per heavy atom. The van der Waals surface area contributed by atoms with Crippen molar-refractivity contribution in [3.8, 4) is 0 Å². The summed E-state index contributed by atoms with van der Waals surface area (Å²) in [4.78, 5) is 23.5. The maximum Gasteiger partial charge on any atom is 0.0600 e. The lowest BCUT2D eigenvalue weighted by Crippen LogP contribution is -2.64. The zero-order chi connectivity index (χ0) is 59.7. The number of likely N-dealkylation sites (tertiary alicyclic amines) is 3. The second-order valence-electron chi connectivity index (χ2n) is 34.8. The molecule has 6 rings (SSSR count). The van der Waals surface area contributed by atoms with Crippen LogP contribution in [0, 0.1) is 38.4 Å². The van der Waals surface area contributed by atoms with Crippen LogP contribution in [-0.4, -0.2) is 257 Å². The predicted octanol–water partition coefficient (Wildman–Crippen LogP) is 11.2. The molecule has 0 bridgehead atoms. The molecular weight excluding hydrogens is 979 g/mol. The number of hydrogen-bond donors (Lipinski definition) is 0. The first-order valence-electron chi connectivity index (χ1n) is 32.5. The molecule has 6 fully saturated rings. The summed E-state index contributed by atoms with van der Waals surface area (Å²) in [5, 5.41) is 0. The molecule has 12 nitrogen and oxygen atoms in total.